The summed E-state index contributed by atoms with van der Waals surface area (Å²) in [6.07, 6.45) is 0.548. The molecular formula is C14H19NO3. The molecule has 0 bridgehead atoms. The zero-order valence-corrected chi connectivity index (χ0v) is 10.5. The molecule has 0 unspecified atom stereocenters. The molecular weight excluding hydrogens is 230 g/mol. The molecule has 0 spiro atoms. The average molecular weight is 249 g/mol. The van der Waals surface area contributed by atoms with Crippen molar-refractivity contribution >= 4 is 6.09 Å². The van der Waals surface area contributed by atoms with Gasteiger partial charge in [-0.25, -0.2) is 4.79 Å². The lowest BCUT2D eigenvalue weighted by molar-refractivity contribution is -0.00322. The molecule has 1 saturated heterocycles. The second-order valence-electron chi connectivity index (χ2n) is 5.24. The number of carbonyl (C=O) groups is 1. The summed E-state index contributed by atoms with van der Waals surface area (Å²) in [6, 6.07) is 9.89. The predicted octanol–water partition coefficient (Wildman–Crippen LogP) is 2.12. The van der Waals surface area contributed by atoms with Crippen LogP contribution in [0.1, 0.15) is 25.3 Å². The Morgan fingerprint density at radius 2 is 2.11 bits per heavy atom. The minimum absolute atomic E-state index is 0.207. The number of hydrogen-bond acceptors (Lipinski definition) is 2. The number of benzene rings is 1. The lowest BCUT2D eigenvalue weighted by Crippen LogP contribution is -2.57. The number of piperidine rings is 1. The van der Waals surface area contributed by atoms with Crippen LogP contribution in [0.3, 0.4) is 0 Å². The van der Waals surface area contributed by atoms with Gasteiger partial charge in [0.25, 0.3) is 0 Å². The fourth-order valence-electron chi connectivity index (χ4n) is 2.66. The number of aliphatic hydroxyl groups excluding tert-OH is 1. The molecule has 2 N–H and O–H groups in total. The number of rotatable bonds is 2. The highest BCUT2D eigenvalue weighted by atomic mass is 16.4. The maximum absolute atomic E-state index is 11.3. The van der Waals surface area contributed by atoms with Crippen LogP contribution in [-0.4, -0.2) is 39.4 Å². The molecule has 1 fully saturated rings. The Kier molecular flexibility index (Phi) is 3.57. The Morgan fingerprint density at radius 1 is 1.44 bits per heavy atom. The van der Waals surface area contributed by atoms with E-state index in [0.717, 1.165) is 5.56 Å². The van der Waals surface area contributed by atoms with E-state index in [1.807, 2.05) is 37.3 Å². The van der Waals surface area contributed by atoms with Crippen LogP contribution in [-0.2, 0) is 6.42 Å². The zero-order chi connectivity index (χ0) is 13.2. The summed E-state index contributed by atoms with van der Waals surface area (Å²) in [5, 5.41) is 18.9. The van der Waals surface area contributed by atoms with Gasteiger partial charge in [0.1, 0.15) is 0 Å². The van der Waals surface area contributed by atoms with E-state index in [-0.39, 0.29) is 6.54 Å². The minimum Gasteiger partial charge on any atom is -0.465 e. The van der Waals surface area contributed by atoms with Crippen LogP contribution in [0, 0.1) is 0 Å². The molecule has 98 valence electrons. The number of aliphatic hydroxyl groups is 1. The lowest BCUT2D eigenvalue weighted by Gasteiger charge is -2.45. The van der Waals surface area contributed by atoms with Crippen molar-refractivity contribution in [2.45, 2.75) is 37.8 Å². The SMILES string of the molecule is C[C@]1(Cc2ccccc2)CC[C@@H](O)CN1C(=O)O. The van der Waals surface area contributed by atoms with Crippen molar-refractivity contribution in [3.05, 3.63) is 35.9 Å². The number of amides is 1. The first kappa shape index (κ1) is 12.9. The van der Waals surface area contributed by atoms with Crippen LogP contribution in [0.5, 0.6) is 0 Å². The highest BCUT2D eigenvalue weighted by Crippen LogP contribution is 2.31. The second kappa shape index (κ2) is 4.98. The Hall–Kier alpha value is -1.55. The summed E-state index contributed by atoms with van der Waals surface area (Å²) in [4.78, 5) is 12.7. The molecule has 4 heteroatoms. The molecule has 0 aromatic heterocycles. The number of likely N-dealkylation sites (tertiary alicyclic amines) is 1. The van der Waals surface area contributed by atoms with Crippen molar-refractivity contribution < 1.29 is 15.0 Å². The van der Waals surface area contributed by atoms with E-state index in [0.29, 0.717) is 19.3 Å². The third-order valence-corrected chi connectivity index (χ3v) is 3.72. The zero-order valence-electron chi connectivity index (χ0n) is 10.5. The third kappa shape index (κ3) is 2.64. The normalized spacial score (nSPS) is 28.1. The van der Waals surface area contributed by atoms with Crippen LogP contribution in [0.2, 0.25) is 0 Å². The van der Waals surface area contributed by atoms with Crippen molar-refractivity contribution in [2.75, 3.05) is 6.54 Å². The van der Waals surface area contributed by atoms with Gasteiger partial charge < -0.3 is 15.1 Å². The second-order valence-corrected chi connectivity index (χ2v) is 5.24. The molecule has 1 heterocycles. The molecule has 2 rings (SSSR count). The summed E-state index contributed by atoms with van der Waals surface area (Å²) in [5.74, 6) is 0. The number of nitrogens with zero attached hydrogens (tertiary/aromatic N) is 1. The van der Waals surface area contributed by atoms with E-state index in [9.17, 15) is 15.0 Å². The lowest BCUT2D eigenvalue weighted by atomic mass is 9.82. The summed E-state index contributed by atoms with van der Waals surface area (Å²) in [7, 11) is 0. The van der Waals surface area contributed by atoms with E-state index in [1.165, 1.54) is 4.90 Å². The van der Waals surface area contributed by atoms with Crippen LogP contribution in [0.25, 0.3) is 0 Å². The van der Waals surface area contributed by atoms with Crippen molar-refractivity contribution in [3.8, 4) is 0 Å². The molecule has 1 aromatic rings. The molecule has 0 aliphatic carbocycles. The number of hydrogen-bond donors (Lipinski definition) is 2. The van der Waals surface area contributed by atoms with Crippen molar-refractivity contribution in [1.82, 2.24) is 4.90 Å². The Bertz CT molecular complexity index is 420. The summed E-state index contributed by atoms with van der Waals surface area (Å²) < 4.78 is 0. The third-order valence-electron chi connectivity index (χ3n) is 3.72. The van der Waals surface area contributed by atoms with E-state index in [2.05, 4.69) is 0 Å². The van der Waals surface area contributed by atoms with Gasteiger partial charge >= 0.3 is 6.09 Å². The molecule has 1 aliphatic rings. The largest absolute Gasteiger partial charge is 0.465 e. The first-order valence-corrected chi connectivity index (χ1v) is 6.24. The van der Waals surface area contributed by atoms with Gasteiger partial charge in [0.2, 0.25) is 0 Å². The monoisotopic (exact) mass is 249 g/mol. The van der Waals surface area contributed by atoms with Crippen molar-refractivity contribution in [1.29, 1.82) is 0 Å². The van der Waals surface area contributed by atoms with E-state index in [4.69, 9.17) is 0 Å². The quantitative estimate of drug-likeness (QED) is 0.844. The van der Waals surface area contributed by atoms with Crippen LogP contribution in [0.15, 0.2) is 30.3 Å². The van der Waals surface area contributed by atoms with Crippen LogP contribution < -0.4 is 0 Å². The Labute approximate surface area is 107 Å². The Balaban J connectivity index is 2.19. The van der Waals surface area contributed by atoms with Gasteiger partial charge in [-0.3, -0.25) is 0 Å². The first-order valence-electron chi connectivity index (χ1n) is 6.24. The van der Waals surface area contributed by atoms with Gasteiger partial charge in [-0.05, 0) is 31.7 Å². The summed E-state index contributed by atoms with van der Waals surface area (Å²) >= 11 is 0. The minimum atomic E-state index is -0.952. The first-order chi connectivity index (χ1) is 8.51. The van der Waals surface area contributed by atoms with Gasteiger partial charge in [0.15, 0.2) is 0 Å². The van der Waals surface area contributed by atoms with Gasteiger partial charge in [0.05, 0.1) is 12.6 Å². The van der Waals surface area contributed by atoms with Crippen molar-refractivity contribution in [2.24, 2.45) is 0 Å². The summed E-state index contributed by atoms with van der Waals surface area (Å²) in [5.41, 5.74) is 0.703. The molecule has 0 saturated carbocycles. The predicted molar refractivity (Wildman–Crippen MR) is 68.5 cm³/mol. The maximum atomic E-state index is 11.3. The summed E-state index contributed by atoms with van der Waals surface area (Å²) in [6.45, 7) is 2.17. The van der Waals surface area contributed by atoms with E-state index in [1.54, 1.807) is 0 Å². The molecule has 1 amide bonds. The van der Waals surface area contributed by atoms with Gasteiger partial charge in [0, 0.05) is 5.54 Å². The fraction of sp³-hybridized carbons (Fsp3) is 0.500. The van der Waals surface area contributed by atoms with Gasteiger partial charge in [-0.15, -0.1) is 0 Å². The number of carboxylic acid groups (broad SMARTS) is 1. The molecule has 2 atom stereocenters. The molecule has 1 aliphatic heterocycles. The van der Waals surface area contributed by atoms with Gasteiger partial charge in [-0.2, -0.15) is 0 Å². The average Bonchev–Trinajstić information content (AvgIpc) is 2.33. The topological polar surface area (TPSA) is 60.8 Å². The molecule has 4 nitrogen and oxygen atoms in total. The van der Waals surface area contributed by atoms with Crippen molar-refractivity contribution in [3.63, 3.8) is 0 Å². The van der Waals surface area contributed by atoms with Crippen LogP contribution in [0.4, 0.5) is 4.79 Å². The van der Waals surface area contributed by atoms with Crippen LogP contribution >= 0.6 is 0 Å². The highest BCUT2D eigenvalue weighted by molar-refractivity contribution is 5.66. The maximum Gasteiger partial charge on any atom is 0.407 e. The fourth-order valence-corrected chi connectivity index (χ4v) is 2.66. The highest BCUT2D eigenvalue weighted by Gasteiger charge is 2.40. The van der Waals surface area contributed by atoms with E-state index < -0.39 is 17.7 Å². The molecule has 1 aromatic carbocycles. The molecule has 18 heavy (non-hydrogen) atoms. The van der Waals surface area contributed by atoms with E-state index >= 15 is 0 Å². The number of β-amino-alcohol motifs (C(OH)–C–C–N with tert-alkyl or cyclic N) is 1. The standard InChI is InChI=1S/C14H19NO3/c1-14(9-11-5-3-2-4-6-11)8-7-12(16)10-15(14)13(17)18/h2-6,12,16H,7-10H2,1H3,(H,17,18)/t12-,14-/m1/s1. The smallest absolute Gasteiger partial charge is 0.407 e. The Morgan fingerprint density at radius 3 is 2.72 bits per heavy atom. The van der Waals surface area contributed by atoms with Gasteiger partial charge in [-0.1, -0.05) is 30.3 Å². The molecule has 0 radical (unpaired) electrons.